The van der Waals surface area contributed by atoms with Gasteiger partial charge in [-0.1, -0.05) is 103 Å². The van der Waals surface area contributed by atoms with Crippen molar-refractivity contribution in [2.45, 2.75) is 51.0 Å². The highest BCUT2D eigenvalue weighted by Crippen LogP contribution is 2.21. The lowest BCUT2D eigenvalue weighted by atomic mass is 10.1. The fraction of sp³-hybridized carbons (Fsp3) is 0.300. The van der Waals surface area contributed by atoms with Gasteiger partial charge >= 0.3 is 5.97 Å². The highest BCUT2D eigenvalue weighted by molar-refractivity contribution is 5.69. The molecule has 0 saturated heterocycles. The van der Waals surface area contributed by atoms with Crippen molar-refractivity contribution in [1.82, 2.24) is 0 Å². The third-order valence-electron chi connectivity index (χ3n) is 5.78. The highest BCUT2D eigenvalue weighted by atomic mass is 16.6. The van der Waals surface area contributed by atoms with Crippen LogP contribution in [0.2, 0.25) is 0 Å². The van der Waals surface area contributed by atoms with Crippen molar-refractivity contribution in [2.75, 3.05) is 6.61 Å². The largest absolute Gasteiger partial charge is 0.457 e. The quantitative estimate of drug-likeness (QED) is 0.283. The topological polar surface area (TPSA) is 54.0 Å². The molecular weight excluding hydrogens is 440 g/mol. The lowest BCUT2D eigenvalue weighted by Gasteiger charge is -2.31. The fourth-order valence-corrected chi connectivity index (χ4v) is 3.93. The number of hydrogen-bond acceptors (Lipinski definition) is 5. The predicted octanol–water partition coefficient (Wildman–Crippen LogP) is 5.64. The van der Waals surface area contributed by atoms with Crippen LogP contribution in [0.1, 0.15) is 29.5 Å². The molecule has 5 heteroatoms. The van der Waals surface area contributed by atoms with Gasteiger partial charge in [-0.15, -0.1) is 0 Å². The molecule has 0 N–H and O–H groups in total. The zero-order valence-corrected chi connectivity index (χ0v) is 19.8. The van der Waals surface area contributed by atoms with E-state index in [-0.39, 0.29) is 12.6 Å². The molecule has 35 heavy (non-hydrogen) atoms. The monoisotopic (exact) mass is 472 g/mol. The van der Waals surface area contributed by atoms with Crippen molar-refractivity contribution >= 4 is 5.97 Å². The molecule has 0 aromatic heterocycles. The summed E-state index contributed by atoms with van der Waals surface area (Å²) < 4.78 is 24.6. The van der Waals surface area contributed by atoms with E-state index in [2.05, 4.69) is 0 Å². The van der Waals surface area contributed by atoms with Crippen LogP contribution in [-0.4, -0.2) is 30.9 Å². The summed E-state index contributed by atoms with van der Waals surface area (Å²) >= 11 is 0. The van der Waals surface area contributed by atoms with Crippen LogP contribution in [0.25, 0.3) is 0 Å². The van der Waals surface area contributed by atoms with Crippen molar-refractivity contribution in [1.29, 1.82) is 0 Å². The zero-order chi connectivity index (χ0) is 24.1. The molecule has 0 fully saturated rings. The van der Waals surface area contributed by atoms with Gasteiger partial charge < -0.3 is 18.9 Å². The van der Waals surface area contributed by atoms with Crippen LogP contribution in [0.5, 0.6) is 0 Å². The Labute approximate surface area is 207 Å². The first kappa shape index (κ1) is 24.9. The molecule has 1 aliphatic rings. The molecule has 0 radical (unpaired) electrons. The number of benzene rings is 3. The molecule has 3 aromatic rings. The van der Waals surface area contributed by atoms with E-state index in [1.807, 2.05) is 103 Å². The van der Waals surface area contributed by atoms with Gasteiger partial charge in [-0.05, 0) is 23.1 Å². The summed E-state index contributed by atoms with van der Waals surface area (Å²) in [6, 6.07) is 29.9. The maximum atomic E-state index is 12.5. The minimum Gasteiger partial charge on any atom is -0.457 e. The summed E-state index contributed by atoms with van der Waals surface area (Å²) in [5, 5.41) is 0. The van der Waals surface area contributed by atoms with Crippen LogP contribution in [-0.2, 0) is 43.6 Å². The molecule has 3 aromatic carbocycles. The maximum Gasteiger partial charge on any atom is 0.306 e. The number of esters is 1. The molecule has 0 aliphatic carbocycles. The summed E-state index contributed by atoms with van der Waals surface area (Å²) in [7, 11) is 0. The molecule has 4 rings (SSSR count). The molecule has 1 aliphatic heterocycles. The Morgan fingerprint density at radius 2 is 1.26 bits per heavy atom. The molecule has 5 nitrogen and oxygen atoms in total. The minimum atomic E-state index is -0.613. The van der Waals surface area contributed by atoms with Crippen molar-refractivity contribution < 1.29 is 23.7 Å². The first-order valence-electron chi connectivity index (χ1n) is 12.1. The lowest BCUT2D eigenvalue weighted by Crippen LogP contribution is -2.45. The van der Waals surface area contributed by atoms with Gasteiger partial charge in [0.15, 0.2) is 6.10 Å². The second-order valence-corrected chi connectivity index (χ2v) is 8.52. The number of hydrogen-bond donors (Lipinski definition) is 0. The normalized spacial score (nSPS) is 21.4. The summed E-state index contributed by atoms with van der Waals surface area (Å²) in [5.74, 6) is -0.264. The van der Waals surface area contributed by atoms with E-state index in [0.717, 1.165) is 16.7 Å². The highest BCUT2D eigenvalue weighted by Gasteiger charge is 2.34. The fourth-order valence-electron chi connectivity index (χ4n) is 3.93. The Balaban J connectivity index is 1.52. The summed E-state index contributed by atoms with van der Waals surface area (Å²) in [6.07, 6.45) is 3.31. The van der Waals surface area contributed by atoms with Gasteiger partial charge in [-0.25, -0.2) is 0 Å². The van der Waals surface area contributed by atoms with Crippen LogP contribution in [0, 0.1) is 0 Å². The molecule has 3 atom stereocenters. The number of carbonyl (C=O) groups is 1. The second-order valence-electron chi connectivity index (χ2n) is 8.52. The van der Waals surface area contributed by atoms with Crippen LogP contribution in [0.4, 0.5) is 0 Å². The number of cyclic esters (lactones) is 1. The smallest absolute Gasteiger partial charge is 0.306 e. The average molecular weight is 473 g/mol. The van der Waals surface area contributed by atoms with Gasteiger partial charge in [-0.3, -0.25) is 4.79 Å². The molecule has 182 valence electrons. The summed E-state index contributed by atoms with van der Waals surface area (Å²) in [4.78, 5) is 12.5. The lowest BCUT2D eigenvalue weighted by molar-refractivity contribution is -0.176. The SMILES string of the molecule is O=C1CC/C=C/[C@@H](OCc2ccccc2)[C@H](OCc2ccccc2)[C@H](COCc2ccccc2)O1. The molecule has 0 bridgehead atoms. The van der Waals surface area contributed by atoms with Crippen molar-refractivity contribution in [2.24, 2.45) is 0 Å². The van der Waals surface area contributed by atoms with Crippen LogP contribution in [0.15, 0.2) is 103 Å². The Bertz CT molecular complexity index is 1040. The zero-order valence-electron chi connectivity index (χ0n) is 19.8. The maximum absolute atomic E-state index is 12.5. The van der Waals surface area contributed by atoms with E-state index in [1.54, 1.807) is 0 Å². The summed E-state index contributed by atoms with van der Waals surface area (Å²) in [6.45, 7) is 1.43. The molecule has 0 saturated carbocycles. The van der Waals surface area contributed by atoms with Crippen molar-refractivity contribution in [3.8, 4) is 0 Å². The molecule has 1 heterocycles. The number of carbonyl (C=O) groups excluding carboxylic acids is 1. The predicted molar refractivity (Wildman–Crippen MR) is 134 cm³/mol. The van der Waals surface area contributed by atoms with E-state index >= 15 is 0 Å². The van der Waals surface area contributed by atoms with Crippen LogP contribution >= 0.6 is 0 Å². The van der Waals surface area contributed by atoms with E-state index in [0.29, 0.717) is 32.7 Å². The van der Waals surface area contributed by atoms with Gasteiger partial charge in [0.1, 0.15) is 12.2 Å². The molecule has 0 unspecified atom stereocenters. The second kappa shape index (κ2) is 13.6. The van der Waals surface area contributed by atoms with Crippen molar-refractivity contribution in [3.63, 3.8) is 0 Å². The van der Waals surface area contributed by atoms with Gasteiger partial charge in [0.05, 0.1) is 26.4 Å². The Kier molecular flexibility index (Phi) is 9.65. The van der Waals surface area contributed by atoms with E-state index in [4.69, 9.17) is 18.9 Å². The molecular formula is C30H32O5. The van der Waals surface area contributed by atoms with Gasteiger partial charge in [0.25, 0.3) is 0 Å². The molecule has 0 spiro atoms. The van der Waals surface area contributed by atoms with Crippen LogP contribution in [0.3, 0.4) is 0 Å². The molecule has 0 amide bonds. The first-order valence-corrected chi connectivity index (χ1v) is 12.1. The Morgan fingerprint density at radius 1 is 0.714 bits per heavy atom. The third-order valence-corrected chi connectivity index (χ3v) is 5.78. The van der Waals surface area contributed by atoms with Gasteiger partial charge in [-0.2, -0.15) is 0 Å². The number of allylic oxidation sites excluding steroid dienone is 1. The van der Waals surface area contributed by atoms with Crippen molar-refractivity contribution in [3.05, 3.63) is 120 Å². The summed E-state index contributed by atoms with van der Waals surface area (Å²) in [5.41, 5.74) is 3.16. The van der Waals surface area contributed by atoms with E-state index in [1.165, 1.54) is 0 Å². The van der Waals surface area contributed by atoms with E-state index < -0.39 is 18.3 Å². The standard InChI is InChI=1S/C30H32O5/c31-29-19-11-10-18-27(33-21-25-14-6-2-7-15-25)30(34-22-26-16-8-3-9-17-26)28(35-29)23-32-20-24-12-4-1-5-13-24/h1-10,12-18,27-28,30H,11,19-23H2/b18-10+/t27-,28+,30+/m1/s1. The Hall–Kier alpha value is -3.25. The Morgan fingerprint density at radius 3 is 1.86 bits per heavy atom. The third kappa shape index (κ3) is 8.18. The number of ether oxygens (including phenoxy) is 4. The number of rotatable bonds is 10. The van der Waals surface area contributed by atoms with Crippen LogP contribution < -0.4 is 0 Å². The van der Waals surface area contributed by atoms with E-state index in [9.17, 15) is 4.79 Å². The first-order chi connectivity index (χ1) is 17.3. The average Bonchev–Trinajstić information content (AvgIpc) is 2.97. The van der Waals surface area contributed by atoms with Gasteiger partial charge in [0.2, 0.25) is 0 Å². The minimum absolute atomic E-state index is 0.207. The van der Waals surface area contributed by atoms with Gasteiger partial charge in [0, 0.05) is 6.42 Å².